The molecule has 0 radical (unpaired) electrons. The van der Waals surface area contributed by atoms with Crippen LogP contribution in [0.2, 0.25) is 0 Å². The maximum atomic E-state index is 8.74. The van der Waals surface area contributed by atoms with Crippen LogP contribution in [0.3, 0.4) is 0 Å². The van der Waals surface area contributed by atoms with E-state index in [-0.39, 0.29) is 11.9 Å². The largest absolute Gasteiger partial charge is 0.394 e. The molecule has 0 aliphatic heterocycles. The zero-order valence-electron chi connectivity index (χ0n) is 23.2. The first kappa shape index (κ1) is 39.8. The molecule has 18 heteroatoms. The first-order valence-electron chi connectivity index (χ1n) is 11.5. The fourth-order valence-corrected chi connectivity index (χ4v) is 2.58. The minimum Gasteiger partial charge on any atom is -0.370 e. The number of ether oxygens (including phenoxy) is 2. The Morgan fingerprint density at radius 3 is 1.32 bits per heavy atom. The number of nitrogens with zero attached hydrogens (tertiary/aromatic N) is 2. The van der Waals surface area contributed by atoms with E-state index in [0.29, 0.717) is 13.2 Å². The van der Waals surface area contributed by atoms with E-state index < -0.39 is 32.2 Å². The number of benzene rings is 2. The molecule has 0 saturated heterocycles. The first-order valence-corrected chi connectivity index (χ1v) is 14.3. The molecule has 0 heterocycles. The van der Waals surface area contributed by atoms with Crippen LogP contribution in [-0.4, -0.2) is 65.0 Å². The Labute approximate surface area is 240 Å². The number of aliphatic imine (C=N–C) groups is 2. The van der Waals surface area contributed by atoms with Gasteiger partial charge in [-0.25, -0.2) is 9.98 Å². The second-order valence-electron chi connectivity index (χ2n) is 8.72. The van der Waals surface area contributed by atoms with Crippen LogP contribution in [0.25, 0.3) is 0 Å². The van der Waals surface area contributed by atoms with Gasteiger partial charge in [0.05, 0.1) is 13.2 Å². The van der Waals surface area contributed by atoms with Crippen LogP contribution < -0.4 is 22.9 Å². The summed E-state index contributed by atoms with van der Waals surface area (Å²) in [4.78, 5) is 7.96. The summed E-state index contributed by atoms with van der Waals surface area (Å²) >= 11 is 0. The average molecular weight is 625 g/mol. The second-order valence-corrected chi connectivity index (χ2v) is 10.5. The molecule has 12 N–H and O–H groups in total. The van der Waals surface area contributed by atoms with Crippen molar-refractivity contribution in [3.8, 4) is 0 Å². The minimum atomic E-state index is -4.67. The summed E-state index contributed by atoms with van der Waals surface area (Å²) in [6.45, 7) is 8.37. The Balaban J connectivity index is 0. The highest BCUT2D eigenvalue weighted by atomic mass is 32.3. The average Bonchev–Trinajstić information content (AvgIpc) is 2.76. The van der Waals surface area contributed by atoms with Crippen molar-refractivity contribution in [2.45, 2.75) is 52.2 Å². The molecule has 0 aliphatic carbocycles. The van der Waals surface area contributed by atoms with Crippen molar-refractivity contribution in [3.05, 3.63) is 71.8 Å². The van der Waals surface area contributed by atoms with Crippen LogP contribution in [0, 0.1) is 0 Å². The molecule has 0 unspecified atom stereocenters. The van der Waals surface area contributed by atoms with Crippen molar-refractivity contribution in [3.63, 3.8) is 0 Å². The third-order valence-electron chi connectivity index (χ3n) is 3.92. The van der Waals surface area contributed by atoms with E-state index in [1.165, 1.54) is 5.56 Å². The predicted molar refractivity (Wildman–Crippen MR) is 155 cm³/mol. The Kier molecular flexibility index (Phi) is 18.3. The van der Waals surface area contributed by atoms with Gasteiger partial charge in [0, 0.05) is 0 Å². The summed E-state index contributed by atoms with van der Waals surface area (Å²) in [5.41, 5.74) is 22.2. The zero-order chi connectivity index (χ0) is 32.3. The highest BCUT2D eigenvalue weighted by Crippen LogP contribution is 2.14. The molecule has 2 aromatic carbocycles. The van der Waals surface area contributed by atoms with E-state index in [0.717, 1.165) is 12.0 Å². The van der Waals surface area contributed by atoms with Crippen molar-refractivity contribution in [1.82, 2.24) is 0 Å². The summed E-state index contributed by atoms with van der Waals surface area (Å²) in [7, 11) is -9.33. The molecule has 41 heavy (non-hydrogen) atoms. The number of hydrogen-bond donors (Lipinski definition) is 8. The Bertz CT molecular complexity index is 1220. The lowest BCUT2D eigenvalue weighted by Gasteiger charge is -2.20. The quantitative estimate of drug-likeness (QED) is 0.110. The summed E-state index contributed by atoms with van der Waals surface area (Å²) in [5, 5.41) is 0. The van der Waals surface area contributed by atoms with Gasteiger partial charge in [-0.1, -0.05) is 60.7 Å². The van der Waals surface area contributed by atoms with Crippen LogP contribution >= 0.6 is 0 Å². The van der Waals surface area contributed by atoms with Crippen LogP contribution in [0.4, 0.5) is 0 Å². The minimum absolute atomic E-state index is 0.0352. The van der Waals surface area contributed by atoms with E-state index in [2.05, 4.69) is 22.1 Å². The molecular formula is C23H40N6O10S2. The predicted octanol–water partition coefficient (Wildman–Crippen LogP) is 1.16. The van der Waals surface area contributed by atoms with Gasteiger partial charge in [0.15, 0.2) is 23.4 Å². The number of nitrogens with two attached hydrogens (primary N) is 4. The molecule has 2 rings (SSSR count). The first-order chi connectivity index (χ1) is 18.5. The molecule has 0 aromatic heterocycles. The summed E-state index contributed by atoms with van der Waals surface area (Å²) in [6, 6.07) is 20.0. The van der Waals surface area contributed by atoms with Crippen molar-refractivity contribution in [2.24, 2.45) is 32.9 Å². The number of rotatable bonds is 9. The smallest absolute Gasteiger partial charge is 0.370 e. The molecule has 16 nitrogen and oxygen atoms in total. The van der Waals surface area contributed by atoms with Gasteiger partial charge in [-0.3, -0.25) is 18.2 Å². The summed E-state index contributed by atoms with van der Waals surface area (Å²) in [6.07, 6.45) is 0.851. The maximum Gasteiger partial charge on any atom is 0.394 e. The lowest BCUT2D eigenvalue weighted by Crippen LogP contribution is -2.31. The van der Waals surface area contributed by atoms with Crippen molar-refractivity contribution < 1.29 is 44.5 Å². The molecule has 0 amide bonds. The second kappa shape index (κ2) is 18.9. The zero-order valence-corrected chi connectivity index (χ0v) is 24.8. The number of guanidine groups is 2. The summed E-state index contributed by atoms with van der Waals surface area (Å²) in [5.74, 6) is 0.0813. The van der Waals surface area contributed by atoms with Gasteiger partial charge >= 0.3 is 20.8 Å². The molecule has 0 bridgehead atoms. The van der Waals surface area contributed by atoms with Crippen molar-refractivity contribution in [2.75, 3.05) is 6.61 Å². The van der Waals surface area contributed by atoms with Crippen LogP contribution in [0.1, 0.15) is 38.8 Å². The van der Waals surface area contributed by atoms with Gasteiger partial charge in [-0.05, 0) is 45.2 Å². The van der Waals surface area contributed by atoms with Crippen LogP contribution in [0.5, 0.6) is 0 Å². The third-order valence-corrected chi connectivity index (χ3v) is 3.92. The summed E-state index contributed by atoms with van der Waals surface area (Å²) < 4.78 is 74.3. The van der Waals surface area contributed by atoms with Crippen LogP contribution in [-0.2, 0) is 43.3 Å². The fraction of sp³-hybridized carbons (Fsp3) is 0.391. The van der Waals surface area contributed by atoms with E-state index in [1.807, 2.05) is 76.2 Å². The normalized spacial score (nSPS) is 11.2. The van der Waals surface area contributed by atoms with Gasteiger partial charge in [0.25, 0.3) is 0 Å². The Morgan fingerprint density at radius 1 is 0.659 bits per heavy atom. The van der Waals surface area contributed by atoms with E-state index >= 15 is 0 Å². The molecule has 0 saturated carbocycles. The number of hydrogen-bond acceptors (Lipinski definition) is 8. The Morgan fingerprint density at radius 2 is 0.976 bits per heavy atom. The van der Waals surface area contributed by atoms with Crippen LogP contribution in [0.15, 0.2) is 70.6 Å². The molecule has 0 fully saturated rings. The van der Waals surface area contributed by atoms with Gasteiger partial charge in [0.1, 0.15) is 0 Å². The standard InChI is InChI=1S/C12H19N3O.C11H17N3O.2H2O4S/c1-12(2,15-11(13)14)16-9-8-10-6-4-3-5-7-10;1-11(2,14-10(12)13)15-8-9-6-4-3-5-7-9;2*1-5(2,3)4/h3-7H,8-9H2,1-2H3,(H4,13,14,15);3-7H,8H2,1-2H3,(H4,12,13,14);2*(H2,1,2,3,4). The highest BCUT2D eigenvalue weighted by molar-refractivity contribution is 7.80. The Hall–Kier alpha value is -3.36. The monoisotopic (exact) mass is 624 g/mol. The SMILES string of the molecule is CC(C)(N=C(N)N)OCCc1ccccc1.CC(C)(N=C(N)N)OCc1ccccc1.O=S(=O)(O)O.O=S(=O)(O)O. The molecule has 0 atom stereocenters. The van der Waals surface area contributed by atoms with Gasteiger partial charge < -0.3 is 32.4 Å². The van der Waals surface area contributed by atoms with Gasteiger partial charge in [0.2, 0.25) is 0 Å². The highest BCUT2D eigenvalue weighted by Gasteiger charge is 2.17. The van der Waals surface area contributed by atoms with Gasteiger partial charge in [-0.15, -0.1) is 0 Å². The molecular weight excluding hydrogens is 584 g/mol. The fourth-order valence-electron chi connectivity index (χ4n) is 2.58. The van der Waals surface area contributed by atoms with E-state index in [4.69, 9.17) is 67.5 Å². The van der Waals surface area contributed by atoms with E-state index in [1.54, 1.807) is 0 Å². The molecule has 2 aromatic rings. The molecule has 0 aliphatic rings. The maximum absolute atomic E-state index is 8.74. The lowest BCUT2D eigenvalue weighted by atomic mass is 10.2. The van der Waals surface area contributed by atoms with Crippen molar-refractivity contribution in [1.29, 1.82) is 0 Å². The van der Waals surface area contributed by atoms with Gasteiger partial charge in [-0.2, -0.15) is 16.8 Å². The molecule has 0 spiro atoms. The lowest BCUT2D eigenvalue weighted by molar-refractivity contribution is -0.0224. The molecule has 234 valence electrons. The topological polar surface area (TPSA) is 296 Å². The van der Waals surface area contributed by atoms with E-state index in [9.17, 15) is 0 Å². The third kappa shape index (κ3) is 34.6. The van der Waals surface area contributed by atoms with Crippen molar-refractivity contribution >= 4 is 32.7 Å².